The predicted molar refractivity (Wildman–Crippen MR) is 98.4 cm³/mol. The van der Waals surface area contributed by atoms with E-state index in [1.807, 2.05) is 24.3 Å². The van der Waals surface area contributed by atoms with Crippen LogP contribution in [0.2, 0.25) is 0 Å². The minimum atomic E-state index is -0.290. The molecule has 0 saturated heterocycles. The molecular weight excluding hydrogens is 314 g/mol. The number of ether oxygens (including phenoxy) is 1. The van der Waals surface area contributed by atoms with E-state index in [2.05, 4.69) is 5.32 Å². The number of nitrogens with one attached hydrogen (secondary N) is 1. The number of rotatable bonds is 6. The fourth-order valence-corrected chi connectivity index (χ4v) is 3.34. The molecule has 0 unspecified atom stereocenters. The van der Waals surface area contributed by atoms with Crippen LogP contribution in [0.5, 0.6) is 0 Å². The Balaban J connectivity index is 1.58. The molecule has 0 radical (unpaired) electrons. The quantitative estimate of drug-likeness (QED) is 0.597. The monoisotopic (exact) mass is 341 g/mol. The van der Waals surface area contributed by atoms with Crippen molar-refractivity contribution in [2.45, 2.75) is 58.0 Å². The first-order valence-corrected chi connectivity index (χ1v) is 9.36. The van der Waals surface area contributed by atoms with Gasteiger partial charge in [-0.15, -0.1) is 0 Å². The molecule has 134 valence electrons. The van der Waals surface area contributed by atoms with Crippen LogP contribution in [0.4, 0.5) is 0 Å². The number of hydrogen-bond donors (Lipinski definition) is 1. The maximum atomic E-state index is 11.7. The Labute approximate surface area is 149 Å². The number of esters is 1. The Kier molecular flexibility index (Phi) is 6.29. The van der Waals surface area contributed by atoms with Gasteiger partial charge in [-0.3, -0.25) is 0 Å². The van der Waals surface area contributed by atoms with Crippen molar-refractivity contribution >= 4 is 5.97 Å². The van der Waals surface area contributed by atoms with Crippen molar-refractivity contribution in [3.63, 3.8) is 0 Å². The van der Waals surface area contributed by atoms with Gasteiger partial charge in [0.25, 0.3) is 0 Å². The molecule has 0 bridgehead atoms. The lowest BCUT2D eigenvalue weighted by molar-refractivity contribution is 0.0526. The molecule has 4 heteroatoms. The van der Waals surface area contributed by atoms with Crippen LogP contribution in [-0.2, 0) is 11.3 Å². The van der Waals surface area contributed by atoms with Crippen LogP contribution in [0.3, 0.4) is 0 Å². The first-order chi connectivity index (χ1) is 12.3. The van der Waals surface area contributed by atoms with Gasteiger partial charge in [-0.2, -0.15) is 0 Å². The lowest BCUT2D eigenvalue weighted by Gasteiger charge is -2.14. The summed E-state index contributed by atoms with van der Waals surface area (Å²) >= 11 is 0. The van der Waals surface area contributed by atoms with Crippen LogP contribution in [0.15, 0.2) is 40.8 Å². The molecule has 1 aromatic heterocycles. The summed E-state index contributed by atoms with van der Waals surface area (Å²) in [5.41, 5.74) is 1.53. The zero-order valence-electron chi connectivity index (χ0n) is 14.9. The summed E-state index contributed by atoms with van der Waals surface area (Å²) in [6.45, 7) is 2.96. The summed E-state index contributed by atoms with van der Waals surface area (Å²) in [7, 11) is 0. The SMILES string of the molecule is CCOC(=O)c1ccc(-c2ccc(CNC3CCCCCC3)o2)cc1. The smallest absolute Gasteiger partial charge is 0.338 e. The highest BCUT2D eigenvalue weighted by atomic mass is 16.5. The van der Waals surface area contributed by atoms with Gasteiger partial charge < -0.3 is 14.5 Å². The lowest BCUT2D eigenvalue weighted by atomic mass is 10.1. The summed E-state index contributed by atoms with van der Waals surface area (Å²) in [5, 5.41) is 3.63. The molecule has 4 nitrogen and oxygen atoms in total. The van der Waals surface area contributed by atoms with Gasteiger partial charge in [0.05, 0.1) is 18.7 Å². The van der Waals surface area contributed by atoms with Crippen molar-refractivity contribution in [3.05, 3.63) is 47.7 Å². The first kappa shape index (κ1) is 17.7. The summed E-state index contributed by atoms with van der Waals surface area (Å²) in [5.74, 6) is 1.49. The summed E-state index contributed by atoms with van der Waals surface area (Å²) in [4.78, 5) is 11.7. The van der Waals surface area contributed by atoms with Gasteiger partial charge >= 0.3 is 5.97 Å². The molecule has 0 atom stereocenters. The molecule has 1 aliphatic rings. The second-order valence-electron chi connectivity index (χ2n) is 6.63. The molecule has 2 aromatic rings. The number of benzene rings is 1. The standard InChI is InChI=1S/C21H27NO3/c1-2-24-21(23)17-11-9-16(10-12-17)20-14-13-19(25-20)15-22-18-7-5-3-4-6-8-18/h9-14,18,22H,2-8,15H2,1H3. The van der Waals surface area contributed by atoms with E-state index in [4.69, 9.17) is 9.15 Å². The number of hydrogen-bond acceptors (Lipinski definition) is 4. The molecule has 3 rings (SSSR count). The van der Waals surface area contributed by atoms with E-state index in [-0.39, 0.29) is 5.97 Å². The van der Waals surface area contributed by atoms with Gasteiger partial charge in [-0.25, -0.2) is 4.79 Å². The topological polar surface area (TPSA) is 51.5 Å². The lowest BCUT2D eigenvalue weighted by Crippen LogP contribution is -2.27. The molecule has 0 spiro atoms. The van der Waals surface area contributed by atoms with E-state index in [9.17, 15) is 4.79 Å². The third-order valence-corrected chi connectivity index (χ3v) is 4.76. The van der Waals surface area contributed by atoms with E-state index in [1.165, 1.54) is 38.5 Å². The minimum absolute atomic E-state index is 0.290. The molecule has 1 fully saturated rings. The van der Waals surface area contributed by atoms with Gasteiger partial charge in [0.1, 0.15) is 11.5 Å². The molecule has 0 amide bonds. The van der Waals surface area contributed by atoms with E-state index in [0.717, 1.165) is 23.6 Å². The van der Waals surface area contributed by atoms with Crippen LogP contribution in [0.25, 0.3) is 11.3 Å². The molecule has 1 aliphatic carbocycles. The molecule has 1 saturated carbocycles. The number of carbonyl (C=O) groups excluding carboxylic acids is 1. The Morgan fingerprint density at radius 2 is 1.80 bits per heavy atom. The van der Waals surface area contributed by atoms with Gasteiger partial charge in [-0.05, 0) is 44.0 Å². The van der Waals surface area contributed by atoms with Crippen LogP contribution in [0.1, 0.15) is 61.6 Å². The fraction of sp³-hybridized carbons (Fsp3) is 0.476. The second-order valence-corrected chi connectivity index (χ2v) is 6.63. The first-order valence-electron chi connectivity index (χ1n) is 9.36. The molecule has 1 aromatic carbocycles. The minimum Gasteiger partial charge on any atom is -0.462 e. The van der Waals surface area contributed by atoms with Crippen molar-refractivity contribution in [1.82, 2.24) is 5.32 Å². The molecular formula is C21H27NO3. The highest BCUT2D eigenvalue weighted by molar-refractivity contribution is 5.89. The molecule has 1 heterocycles. The molecule has 0 aliphatic heterocycles. The highest BCUT2D eigenvalue weighted by Gasteiger charge is 2.13. The van der Waals surface area contributed by atoms with E-state index < -0.39 is 0 Å². The van der Waals surface area contributed by atoms with Gasteiger partial charge in [0, 0.05) is 11.6 Å². The average Bonchev–Trinajstić information content (AvgIpc) is 2.96. The van der Waals surface area contributed by atoms with Gasteiger partial charge in [-0.1, -0.05) is 37.8 Å². The van der Waals surface area contributed by atoms with Crippen molar-refractivity contribution < 1.29 is 13.9 Å². The van der Waals surface area contributed by atoms with Crippen LogP contribution in [-0.4, -0.2) is 18.6 Å². The van der Waals surface area contributed by atoms with E-state index in [1.54, 1.807) is 19.1 Å². The Hall–Kier alpha value is -2.07. The average molecular weight is 341 g/mol. The number of furan rings is 1. The highest BCUT2D eigenvalue weighted by Crippen LogP contribution is 2.23. The third-order valence-electron chi connectivity index (χ3n) is 4.76. The zero-order valence-corrected chi connectivity index (χ0v) is 14.9. The summed E-state index contributed by atoms with van der Waals surface area (Å²) in [6, 6.07) is 12.0. The van der Waals surface area contributed by atoms with E-state index >= 15 is 0 Å². The van der Waals surface area contributed by atoms with Gasteiger partial charge in [0.2, 0.25) is 0 Å². The van der Waals surface area contributed by atoms with Crippen LogP contribution >= 0.6 is 0 Å². The van der Waals surface area contributed by atoms with Crippen molar-refractivity contribution in [1.29, 1.82) is 0 Å². The van der Waals surface area contributed by atoms with Crippen molar-refractivity contribution in [3.8, 4) is 11.3 Å². The predicted octanol–water partition coefficient (Wildman–Crippen LogP) is 4.94. The molecule has 1 N–H and O–H groups in total. The second kappa shape index (κ2) is 8.86. The summed E-state index contributed by atoms with van der Waals surface area (Å²) < 4.78 is 11.0. The maximum Gasteiger partial charge on any atom is 0.338 e. The third kappa shape index (κ3) is 4.95. The fourth-order valence-electron chi connectivity index (χ4n) is 3.34. The van der Waals surface area contributed by atoms with Crippen molar-refractivity contribution in [2.75, 3.05) is 6.61 Å². The van der Waals surface area contributed by atoms with Crippen LogP contribution in [0, 0.1) is 0 Å². The zero-order chi connectivity index (χ0) is 17.5. The maximum absolute atomic E-state index is 11.7. The molecule has 25 heavy (non-hydrogen) atoms. The Morgan fingerprint density at radius 1 is 1.08 bits per heavy atom. The van der Waals surface area contributed by atoms with Crippen molar-refractivity contribution in [2.24, 2.45) is 0 Å². The number of carbonyl (C=O) groups is 1. The largest absolute Gasteiger partial charge is 0.462 e. The Morgan fingerprint density at radius 3 is 2.48 bits per heavy atom. The van der Waals surface area contributed by atoms with Gasteiger partial charge in [0.15, 0.2) is 0 Å². The van der Waals surface area contributed by atoms with Crippen LogP contribution < -0.4 is 5.32 Å². The normalized spacial score (nSPS) is 15.7. The Bertz CT molecular complexity index is 667. The summed E-state index contributed by atoms with van der Waals surface area (Å²) in [6.07, 6.45) is 7.92. The van der Waals surface area contributed by atoms with E-state index in [0.29, 0.717) is 18.2 Å².